The number of hydrogen-bond donors (Lipinski definition) is 0. The van der Waals surface area contributed by atoms with Gasteiger partial charge in [0, 0.05) is 119 Å². The molecule has 0 aliphatic heterocycles. The van der Waals surface area contributed by atoms with Crippen molar-refractivity contribution in [2.24, 2.45) is 0 Å². The van der Waals surface area contributed by atoms with E-state index < -0.39 is 0 Å². The second-order valence-electron chi connectivity index (χ2n) is 35.7. The van der Waals surface area contributed by atoms with Crippen molar-refractivity contribution in [2.75, 3.05) is 0 Å². The molecule has 9 heteroatoms. The minimum absolute atomic E-state index is 0.923. The standard InChI is InChI=1S/C47H29N3.C42H25N3.C38H23N3/c1-3-11-34(12-4-1)49-41-17-9-7-15-38(41)46-39-28-24-31-23-26-36(37-27-25-33(29-43(46)49)45(39)44(31)37)30-19-21-32(22-20-30)47-48-40-16-8-10-18-42(40)50(47)35-13-5-2-6-14-35;1-2-9-31(10-3-1)45-38-13-7-5-11-34(38)42-35-20-15-26-14-18-32(33-19-16-28(23-39(42)45)41(35)40(26)33)29-17-21-37(43-24-29)30-22-27-8-4-6-12-36(27)44-25-30;1-2-8-28(9-3-1)41-34-11-5-4-10-31(34)38-32-18-13-24-12-16-29(30-17-14-25(21-35(38)41)37(32)36(24)30)26-15-19-33(40-23-26)27-7-6-20-39-22-27/h1-29H;1-25H;1-23H. The SMILES string of the molecule is c1ccc(-n2c(-c3ccc(-c4ccc5ccc6c7c(ccc4c57)cc4c6c5ccccc5n4-c4ccccc4)cc3)nc3ccccc32)cc1.c1ccc(-n2c3ccccc3c3c4ccc5ccc(-c6ccc(-c7cccnc7)nc6)c6ccc(cc32)c4c56)cc1.c1ccc(-n2c3ccccc3c3c4ccc5ccc(-c6ccc(-c7cnc8ccccc8c7)nc6)c6ccc(cc32)c4c56)cc1. The number of hydrogen-bond acceptors (Lipinski definition) is 5. The van der Waals surface area contributed by atoms with Crippen molar-refractivity contribution >= 4 is 184 Å². The lowest BCUT2D eigenvalue weighted by molar-refractivity contribution is 1.10. The van der Waals surface area contributed by atoms with Gasteiger partial charge in [-0.2, -0.15) is 0 Å². The topological polar surface area (TPSA) is 84.2 Å². The first-order chi connectivity index (χ1) is 67.5. The van der Waals surface area contributed by atoms with Gasteiger partial charge in [-0.15, -0.1) is 0 Å². The van der Waals surface area contributed by atoms with Gasteiger partial charge in [-0.1, -0.05) is 303 Å². The average molecular weight is 1730 g/mol. The monoisotopic (exact) mass is 1730 g/mol. The third-order valence-corrected chi connectivity index (χ3v) is 28.3. The number of aromatic nitrogens is 9. The molecular formula is C127H77N9. The fraction of sp³-hybridized carbons (Fsp3) is 0. The number of nitrogens with zero attached hydrogens (tertiary/aromatic N) is 9. The predicted molar refractivity (Wildman–Crippen MR) is 569 cm³/mol. The van der Waals surface area contributed by atoms with Crippen molar-refractivity contribution < 1.29 is 0 Å². The molecule has 0 radical (unpaired) electrons. The van der Waals surface area contributed by atoms with Gasteiger partial charge in [0.2, 0.25) is 0 Å². The van der Waals surface area contributed by atoms with Crippen molar-refractivity contribution in [3.63, 3.8) is 0 Å². The molecule has 30 rings (SSSR count). The number of imidazole rings is 1. The maximum absolute atomic E-state index is 5.10. The van der Waals surface area contributed by atoms with Crippen LogP contribution in [0.1, 0.15) is 0 Å². The first-order valence-corrected chi connectivity index (χ1v) is 46.4. The third kappa shape index (κ3) is 12.0. The van der Waals surface area contributed by atoms with Crippen LogP contribution in [0.4, 0.5) is 0 Å². The molecular weight excluding hydrogens is 1650 g/mol. The highest BCUT2D eigenvalue weighted by molar-refractivity contribution is 6.38. The van der Waals surface area contributed by atoms with Crippen LogP contribution in [0.3, 0.4) is 0 Å². The molecule has 0 aliphatic carbocycles. The normalized spacial score (nSPS) is 12.0. The second kappa shape index (κ2) is 30.7. The molecule has 8 aromatic heterocycles. The predicted octanol–water partition coefficient (Wildman–Crippen LogP) is 33.1. The lowest BCUT2D eigenvalue weighted by Crippen LogP contribution is -1.97. The zero-order chi connectivity index (χ0) is 89.2. The van der Waals surface area contributed by atoms with Gasteiger partial charge in [0.05, 0.1) is 61.0 Å². The zero-order valence-electron chi connectivity index (χ0n) is 73.5. The smallest absolute Gasteiger partial charge is 0.145 e. The fourth-order valence-corrected chi connectivity index (χ4v) is 22.3. The van der Waals surface area contributed by atoms with Crippen LogP contribution >= 0.6 is 0 Å². The average Bonchev–Trinajstić information content (AvgIpc) is 1.46. The van der Waals surface area contributed by atoms with Crippen molar-refractivity contribution in [2.45, 2.75) is 0 Å². The Labute approximate surface area is 779 Å². The molecule has 0 saturated carbocycles. The van der Waals surface area contributed by atoms with E-state index in [0.717, 1.165) is 72.7 Å². The van der Waals surface area contributed by atoms with Crippen LogP contribution in [0, 0.1) is 0 Å². The van der Waals surface area contributed by atoms with Gasteiger partial charge in [0.15, 0.2) is 0 Å². The first kappa shape index (κ1) is 76.5. The van der Waals surface area contributed by atoms with Gasteiger partial charge in [-0.25, -0.2) is 4.98 Å². The Morgan fingerprint density at radius 2 is 0.515 bits per heavy atom. The Morgan fingerprint density at radius 3 is 0.949 bits per heavy atom. The molecule has 9 nitrogen and oxygen atoms in total. The highest BCUT2D eigenvalue weighted by Crippen LogP contribution is 2.51. The molecule has 136 heavy (non-hydrogen) atoms. The molecule has 0 unspecified atom stereocenters. The Morgan fingerprint density at radius 1 is 0.169 bits per heavy atom. The van der Waals surface area contributed by atoms with Gasteiger partial charge >= 0.3 is 0 Å². The van der Waals surface area contributed by atoms with E-state index in [1.165, 1.54) is 202 Å². The largest absolute Gasteiger partial charge is 0.309 e. The van der Waals surface area contributed by atoms with Crippen LogP contribution in [0.5, 0.6) is 0 Å². The zero-order valence-corrected chi connectivity index (χ0v) is 73.5. The summed E-state index contributed by atoms with van der Waals surface area (Å²) in [6.07, 6.45) is 9.54. The Kier molecular flexibility index (Phi) is 17.3. The molecule has 0 atom stereocenters. The number of benzene rings is 22. The van der Waals surface area contributed by atoms with Crippen molar-refractivity contribution in [1.29, 1.82) is 0 Å². The van der Waals surface area contributed by atoms with E-state index >= 15 is 0 Å². The molecule has 630 valence electrons. The van der Waals surface area contributed by atoms with Crippen LogP contribution in [0.2, 0.25) is 0 Å². The van der Waals surface area contributed by atoms with E-state index in [1.54, 1.807) is 6.20 Å². The van der Waals surface area contributed by atoms with Gasteiger partial charge in [0.25, 0.3) is 0 Å². The number of para-hydroxylation sites is 10. The minimum Gasteiger partial charge on any atom is -0.309 e. The van der Waals surface area contributed by atoms with Crippen LogP contribution in [-0.2, 0) is 0 Å². The molecule has 0 amide bonds. The van der Waals surface area contributed by atoms with Gasteiger partial charge < -0.3 is 13.7 Å². The van der Waals surface area contributed by atoms with Crippen LogP contribution in [0.25, 0.3) is 274 Å². The van der Waals surface area contributed by atoms with Gasteiger partial charge in [-0.3, -0.25) is 24.5 Å². The molecule has 0 spiro atoms. The molecule has 0 fully saturated rings. The maximum Gasteiger partial charge on any atom is 0.145 e. The minimum atomic E-state index is 0.923. The summed E-state index contributed by atoms with van der Waals surface area (Å²) < 4.78 is 9.48. The van der Waals surface area contributed by atoms with E-state index in [0.29, 0.717) is 0 Å². The van der Waals surface area contributed by atoms with E-state index in [4.69, 9.17) is 15.0 Å². The summed E-state index contributed by atoms with van der Waals surface area (Å²) in [5.41, 5.74) is 27.1. The molecule has 8 heterocycles. The summed E-state index contributed by atoms with van der Waals surface area (Å²) in [5, 5.41) is 32.0. The third-order valence-electron chi connectivity index (χ3n) is 28.3. The number of pyridine rings is 4. The second-order valence-corrected chi connectivity index (χ2v) is 35.7. The highest BCUT2D eigenvalue weighted by atomic mass is 15.1. The molecule has 0 N–H and O–H groups in total. The summed E-state index contributed by atoms with van der Waals surface area (Å²) in [7, 11) is 0. The van der Waals surface area contributed by atoms with E-state index in [-0.39, 0.29) is 0 Å². The Bertz CT molecular complexity index is 10000. The maximum atomic E-state index is 5.10. The van der Waals surface area contributed by atoms with Crippen LogP contribution < -0.4 is 0 Å². The summed E-state index contributed by atoms with van der Waals surface area (Å²) in [4.78, 5) is 23.7. The van der Waals surface area contributed by atoms with Crippen LogP contribution in [0.15, 0.2) is 468 Å². The Balaban J connectivity index is 0.000000102. The Hall–Kier alpha value is -18.3. The molecule has 22 aromatic carbocycles. The molecule has 30 aromatic rings. The van der Waals surface area contributed by atoms with Crippen molar-refractivity contribution in [3.8, 4) is 90.0 Å². The highest BCUT2D eigenvalue weighted by Gasteiger charge is 2.26. The van der Waals surface area contributed by atoms with Gasteiger partial charge in [0.1, 0.15) is 5.82 Å². The van der Waals surface area contributed by atoms with Crippen molar-refractivity contribution in [3.05, 3.63) is 468 Å². The van der Waals surface area contributed by atoms with E-state index in [1.807, 2.05) is 55.1 Å². The molecule has 0 aliphatic rings. The van der Waals surface area contributed by atoms with E-state index in [9.17, 15) is 0 Å². The number of fused-ring (bicyclic) bond motifs is 14. The lowest BCUT2D eigenvalue weighted by Gasteiger charge is -2.16. The fourth-order valence-electron chi connectivity index (χ4n) is 22.3. The van der Waals surface area contributed by atoms with E-state index in [2.05, 4.69) is 435 Å². The van der Waals surface area contributed by atoms with Crippen LogP contribution in [-0.4, -0.2) is 43.2 Å². The van der Waals surface area contributed by atoms with Crippen molar-refractivity contribution in [1.82, 2.24) is 43.2 Å². The lowest BCUT2D eigenvalue weighted by atomic mass is 9.88. The molecule has 0 saturated heterocycles. The summed E-state index contributed by atoms with van der Waals surface area (Å²) >= 11 is 0. The first-order valence-electron chi connectivity index (χ1n) is 46.4. The quantitative estimate of drug-likeness (QED) is 0.127. The summed E-state index contributed by atoms with van der Waals surface area (Å²) in [6.45, 7) is 0. The number of rotatable bonds is 10. The van der Waals surface area contributed by atoms with Gasteiger partial charge in [-0.05, 0) is 253 Å². The molecule has 0 bridgehead atoms. The summed E-state index contributed by atoms with van der Waals surface area (Å²) in [6, 6.07) is 158. The summed E-state index contributed by atoms with van der Waals surface area (Å²) in [5.74, 6) is 0.943.